The zero-order valence-corrected chi connectivity index (χ0v) is 14.0. The second kappa shape index (κ2) is 7.70. The number of thiazole rings is 1. The third kappa shape index (κ3) is 4.17. The smallest absolute Gasteiger partial charge is 0.226 e. The predicted molar refractivity (Wildman–Crippen MR) is 93.9 cm³/mol. The number of ether oxygens (including phenoxy) is 1. The normalized spacial score (nSPS) is 10.4. The molecule has 0 saturated carbocycles. The van der Waals surface area contributed by atoms with E-state index in [1.807, 2.05) is 41.8 Å². The Morgan fingerprint density at radius 1 is 1.17 bits per heavy atom. The van der Waals surface area contributed by atoms with E-state index in [9.17, 15) is 4.79 Å². The first kappa shape index (κ1) is 16.1. The summed E-state index contributed by atoms with van der Waals surface area (Å²) in [5.41, 5.74) is 2.82. The van der Waals surface area contributed by atoms with Gasteiger partial charge < -0.3 is 10.1 Å². The molecule has 0 saturated heterocycles. The number of carbonyl (C=O) groups excluding carboxylic acids is 1. The zero-order valence-electron chi connectivity index (χ0n) is 13.2. The molecule has 2 heterocycles. The minimum atomic E-state index is -0.0432. The molecule has 0 unspecified atom stereocenters. The molecule has 0 aliphatic carbocycles. The highest BCUT2D eigenvalue weighted by Gasteiger charge is 2.09. The molecule has 0 fully saturated rings. The van der Waals surface area contributed by atoms with Gasteiger partial charge in [-0.3, -0.25) is 9.78 Å². The number of benzene rings is 1. The van der Waals surface area contributed by atoms with E-state index in [1.54, 1.807) is 19.5 Å². The Labute approximate surface area is 144 Å². The van der Waals surface area contributed by atoms with Crippen LogP contribution in [-0.4, -0.2) is 23.0 Å². The number of nitrogens with one attached hydrogen (secondary N) is 1. The molecule has 0 atom stereocenters. The van der Waals surface area contributed by atoms with E-state index >= 15 is 0 Å². The molecule has 6 heteroatoms. The van der Waals surface area contributed by atoms with E-state index in [2.05, 4.69) is 15.3 Å². The third-order valence-corrected chi connectivity index (χ3v) is 4.41. The van der Waals surface area contributed by atoms with Crippen molar-refractivity contribution in [3.63, 3.8) is 0 Å². The number of nitrogens with zero attached hydrogens (tertiary/aromatic N) is 2. The van der Waals surface area contributed by atoms with Gasteiger partial charge in [-0.05, 0) is 42.0 Å². The van der Waals surface area contributed by atoms with E-state index in [-0.39, 0.29) is 12.3 Å². The maximum Gasteiger partial charge on any atom is 0.226 e. The SMILES string of the molecule is COc1ccc(-c2nc(CC(=O)NCc3ccncc3)cs2)cc1. The molecule has 24 heavy (non-hydrogen) atoms. The second-order valence-electron chi connectivity index (χ2n) is 5.18. The maximum absolute atomic E-state index is 12.0. The van der Waals surface area contributed by atoms with Crippen LogP contribution in [0.5, 0.6) is 5.75 Å². The molecule has 3 aromatic rings. The van der Waals surface area contributed by atoms with E-state index in [4.69, 9.17) is 4.74 Å². The largest absolute Gasteiger partial charge is 0.497 e. The molecule has 0 aliphatic rings. The lowest BCUT2D eigenvalue weighted by molar-refractivity contribution is -0.120. The molecule has 2 aromatic heterocycles. The monoisotopic (exact) mass is 339 g/mol. The number of amides is 1. The van der Waals surface area contributed by atoms with Crippen molar-refractivity contribution >= 4 is 17.2 Å². The van der Waals surface area contributed by atoms with Crippen molar-refractivity contribution < 1.29 is 9.53 Å². The second-order valence-corrected chi connectivity index (χ2v) is 6.04. The van der Waals surface area contributed by atoms with Gasteiger partial charge in [-0.25, -0.2) is 4.98 Å². The summed E-state index contributed by atoms with van der Waals surface area (Å²) in [6.07, 6.45) is 3.70. The lowest BCUT2D eigenvalue weighted by Crippen LogP contribution is -2.24. The minimum Gasteiger partial charge on any atom is -0.497 e. The van der Waals surface area contributed by atoms with Gasteiger partial charge in [-0.1, -0.05) is 0 Å². The van der Waals surface area contributed by atoms with Crippen LogP contribution >= 0.6 is 11.3 Å². The van der Waals surface area contributed by atoms with Crippen molar-refractivity contribution in [3.8, 4) is 16.3 Å². The standard InChI is InChI=1S/C18H17N3O2S/c1-23-16-4-2-14(3-5-16)18-21-15(12-24-18)10-17(22)20-11-13-6-8-19-9-7-13/h2-9,12H,10-11H2,1H3,(H,20,22). The Bertz CT molecular complexity index is 801. The van der Waals surface area contributed by atoms with E-state index < -0.39 is 0 Å². The van der Waals surface area contributed by atoms with Crippen molar-refractivity contribution in [2.24, 2.45) is 0 Å². The first-order valence-corrected chi connectivity index (χ1v) is 8.37. The number of carbonyl (C=O) groups is 1. The highest BCUT2D eigenvalue weighted by molar-refractivity contribution is 7.13. The van der Waals surface area contributed by atoms with E-state index in [0.717, 1.165) is 27.6 Å². The van der Waals surface area contributed by atoms with Gasteiger partial charge >= 0.3 is 0 Å². The van der Waals surface area contributed by atoms with Crippen LogP contribution in [0, 0.1) is 0 Å². The highest BCUT2D eigenvalue weighted by Crippen LogP contribution is 2.25. The van der Waals surface area contributed by atoms with Crippen molar-refractivity contribution in [1.29, 1.82) is 0 Å². The molecule has 0 radical (unpaired) electrons. The molecule has 5 nitrogen and oxygen atoms in total. The summed E-state index contributed by atoms with van der Waals surface area (Å²) < 4.78 is 5.15. The molecule has 122 valence electrons. The summed E-state index contributed by atoms with van der Waals surface area (Å²) >= 11 is 1.53. The minimum absolute atomic E-state index is 0.0432. The van der Waals surface area contributed by atoms with Gasteiger partial charge in [0.05, 0.1) is 19.2 Å². The Kier molecular flexibility index (Phi) is 5.18. The van der Waals surface area contributed by atoms with Gasteiger partial charge in [-0.2, -0.15) is 0 Å². The maximum atomic E-state index is 12.0. The van der Waals surface area contributed by atoms with Crippen LogP contribution in [0.15, 0.2) is 54.2 Å². The molecule has 3 rings (SSSR count). The van der Waals surface area contributed by atoms with Gasteiger partial charge in [0.1, 0.15) is 10.8 Å². The molecular formula is C18H17N3O2S. The Morgan fingerprint density at radius 3 is 2.62 bits per heavy atom. The number of methoxy groups -OCH3 is 1. The van der Waals surface area contributed by atoms with Crippen LogP contribution in [0.3, 0.4) is 0 Å². The topological polar surface area (TPSA) is 64.1 Å². The Balaban J connectivity index is 1.58. The molecule has 0 spiro atoms. The summed E-state index contributed by atoms with van der Waals surface area (Å²) in [4.78, 5) is 20.5. The van der Waals surface area contributed by atoms with Crippen LogP contribution in [-0.2, 0) is 17.8 Å². The van der Waals surface area contributed by atoms with Crippen molar-refractivity contribution in [3.05, 3.63) is 65.4 Å². The summed E-state index contributed by atoms with van der Waals surface area (Å²) in [5.74, 6) is 0.768. The Hall–Kier alpha value is -2.73. The number of aromatic nitrogens is 2. The fourth-order valence-corrected chi connectivity index (χ4v) is 3.01. The first-order valence-electron chi connectivity index (χ1n) is 7.49. The average molecular weight is 339 g/mol. The van der Waals surface area contributed by atoms with Crippen LogP contribution in [0.1, 0.15) is 11.3 Å². The van der Waals surface area contributed by atoms with Crippen molar-refractivity contribution in [2.45, 2.75) is 13.0 Å². The number of rotatable bonds is 6. The van der Waals surface area contributed by atoms with E-state index in [1.165, 1.54) is 11.3 Å². The highest BCUT2D eigenvalue weighted by atomic mass is 32.1. The molecule has 0 bridgehead atoms. The first-order chi connectivity index (χ1) is 11.7. The molecule has 1 aromatic carbocycles. The molecular weight excluding hydrogens is 322 g/mol. The predicted octanol–water partition coefficient (Wildman–Crippen LogP) is 3.07. The molecule has 1 amide bonds. The van der Waals surface area contributed by atoms with Crippen LogP contribution in [0.4, 0.5) is 0 Å². The quantitative estimate of drug-likeness (QED) is 0.750. The zero-order chi connectivity index (χ0) is 16.8. The fraction of sp³-hybridized carbons (Fsp3) is 0.167. The number of pyridine rings is 1. The lowest BCUT2D eigenvalue weighted by atomic mass is 10.2. The lowest BCUT2D eigenvalue weighted by Gasteiger charge is -2.03. The summed E-state index contributed by atoms with van der Waals surface area (Å²) in [7, 11) is 1.64. The van der Waals surface area contributed by atoms with Gasteiger partial charge in [0.25, 0.3) is 0 Å². The summed E-state index contributed by atoms with van der Waals surface area (Å²) in [6.45, 7) is 0.497. The van der Waals surface area contributed by atoms with Crippen LogP contribution in [0.25, 0.3) is 10.6 Å². The summed E-state index contributed by atoms with van der Waals surface area (Å²) in [5, 5.41) is 5.71. The van der Waals surface area contributed by atoms with Crippen molar-refractivity contribution in [2.75, 3.05) is 7.11 Å². The van der Waals surface area contributed by atoms with Crippen LogP contribution < -0.4 is 10.1 Å². The third-order valence-electron chi connectivity index (χ3n) is 3.47. The van der Waals surface area contributed by atoms with Crippen LogP contribution in [0.2, 0.25) is 0 Å². The fourth-order valence-electron chi connectivity index (χ4n) is 2.18. The average Bonchev–Trinajstić information content (AvgIpc) is 3.09. The van der Waals surface area contributed by atoms with Gasteiger partial charge in [0.2, 0.25) is 5.91 Å². The molecule has 1 N–H and O–H groups in total. The molecule has 0 aliphatic heterocycles. The number of hydrogen-bond donors (Lipinski definition) is 1. The Morgan fingerprint density at radius 2 is 1.92 bits per heavy atom. The summed E-state index contributed by atoms with van der Waals surface area (Å²) in [6, 6.07) is 11.5. The van der Waals surface area contributed by atoms with Gasteiger partial charge in [0, 0.05) is 29.9 Å². The van der Waals surface area contributed by atoms with Gasteiger partial charge in [-0.15, -0.1) is 11.3 Å². The van der Waals surface area contributed by atoms with E-state index in [0.29, 0.717) is 6.54 Å². The van der Waals surface area contributed by atoms with Gasteiger partial charge in [0.15, 0.2) is 0 Å². The number of hydrogen-bond acceptors (Lipinski definition) is 5. The van der Waals surface area contributed by atoms with Crippen molar-refractivity contribution in [1.82, 2.24) is 15.3 Å².